The number of methoxy groups -OCH3 is 2. The number of ether oxygens (including phenoxy) is 2. The maximum absolute atomic E-state index is 11.8. The average molecular weight is 282 g/mol. The van der Waals surface area contributed by atoms with Crippen molar-refractivity contribution in [1.29, 1.82) is 0 Å². The van der Waals surface area contributed by atoms with E-state index in [9.17, 15) is 14.7 Å². The molecule has 20 heavy (non-hydrogen) atoms. The Bertz CT molecular complexity index is 516. The number of carboxylic acid groups (broad SMARTS) is 1. The van der Waals surface area contributed by atoms with Gasteiger partial charge in [-0.25, -0.2) is 9.59 Å². The second kappa shape index (κ2) is 6.65. The van der Waals surface area contributed by atoms with Crippen LogP contribution in [0.1, 0.15) is 17.3 Å². The fraction of sp³-hybridized carbons (Fsp3) is 0.385. The van der Waals surface area contributed by atoms with Gasteiger partial charge in [-0.2, -0.15) is 0 Å². The summed E-state index contributed by atoms with van der Waals surface area (Å²) >= 11 is 0. The van der Waals surface area contributed by atoms with Crippen LogP contribution in [0.4, 0.5) is 10.5 Å². The first kappa shape index (κ1) is 15.6. The van der Waals surface area contributed by atoms with Gasteiger partial charge in [0.25, 0.3) is 0 Å². The number of hydrogen-bond donors (Lipinski definition) is 2. The minimum absolute atomic E-state index is 0.0690. The number of carbonyl (C=O) groups is 2. The van der Waals surface area contributed by atoms with Crippen LogP contribution in [0.2, 0.25) is 0 Å². The number of benzene rings is 1. The standard InChI is InChI=1S/C13H18N2O5/c1-5-15(2)13(18)14-9-7-11(20-4)10(19-3)6-8(9)12(16)17/h6-7H,5H2,1-4H3,(H,14,18)(H,16,17). The predicted molar refractivity (Wildman–Crippen MR) is 73.8 cm³/mol. The minimum Gasteiger partial charge on any atom is -0.493 e. The van der Waals surface area contributed by atoms with E-state index in [2.05, 4.69) is 5.32 Å². The summed E-state index contributed by atoms with van der Waals surface area (Å²) in [5, 5.41) is 11.7. The van der Waals surface area contributed by atoms with E-state index in [4.69, 9.17) is 9.47 Å². The summed E-state index contributed by atoms with van der Waals surface area (Å²) in [5.74, 6) is -0.542. The molecule has 1 rings (SSSR count). The second-order valence-corrected chi connectivity index (χ2v) is 4.00. The van der Waals surface area contributed by atoms with E-state index in [1.807, 2.05) is 6.92 Å². The minimum atomic E-state index is -1.17. The Kier molecular flexibility index (Phi) is 5.19. The van der Waals surface area contributed by atoms with Crippen molar-refractivity contribution in [2.45, 2.75) is 6.92 Å². The van der Waals surface area contributed by atoms with Gasteiger partial charge in [0.05, 0.1) is 25.5 Å². The normalized spacial score (nSPS) is 9.80. The SMILES string of the molecule is CCN(C)C(=O)Nc1cc(OC)c(OC)cc1C(=O)O. The maximum Gasteiger partial charge on any atom is 0.337 e. The topological polar surface area (TPSA) is 88.1 Å². The number of anilines is 1. The van der Waals surface area contributed by atoms with Gasteiger partial charge in [-0.1, -0.05) is 0 Å². The number of nitrogens with zero attached hydrogens (tertiary/aromatic N) is 1. The zero-order chi connectivity index (χ0) is 15.3. The number of nitrogens with one attached hydrogen (secondary N) is 1. The molecule has 7 heteroatoms. The summed E-state index contributed by atoms with van der Waals surface area (Å²) < 4.78 is 10.1. The first-order chi connectivity index (χ1) is 9.44. The smallest absolute Gasteiger partial charge is 0.337 e. The predicted octanol–water partition coefficient (Wildman–Crippen LogP) is 1.89. The molecular formula is C13H18N2O5. The summed E-state index contributed by atoms with van der Waals surface area (Å²) in [4.78, 5) is 24.5. The van der Waals surface area contributed by atoms with Crippen LogP contribution in [0.25, 0.3) is 0 Å². The highest BCUT2D eigenvalue weighted by molar-refractivity contribution is 6.00. The summed E-state index contributed by atoms with van der Waals surface area (Å²) in [7, 11) is 4.45. The molecule has 0 aromatic heterocycles. The number of hydrogen-bond acceptors (Lipinski definition) is 4. The third-order valence-corrected chi connectivity index (χ3v) is 2.82. The van der Waals surface area contributed by atoms with E-state index < -0.39 is 12.0 Å². The Morgan fingerprint density at radius 3 is 2.25 bits per heavy atom. The van der Waals surface area contributed by atoms with Gasteiger partial charge in [-0.3, -0.25) is 0 Å². The highest BCUT2D eigenvalue weighted by Gasteiger charge is 2.18. The van der Waals surface area contributed by atoms with Crippen LogP contribution in [-0.4, -0.2) is 49.8 Å². The number of amides is 2. The molecule has 0 fully saturated rings. The van der Waals surface area contributed by atoms with Crippen molar-refractivity contribution in [2.24, 2.45) is 0 Å². The lowest BCUT2D eigenvalue weighted by atomic mass is 10.1. The maximum atomic E-state index is 11.8. The lowest BCUT2D eigenvalue weighted by Gasteiger charge is -2.18. The average Bonchev–Trinajstić information content (AvgIpc) is 2.45. The van der Waals surface area contributed by atoms with Crippen molar-refractivity contribution < 1.29 is 24.2 Å². The zero-order valence-corrected chi connectivity index (χ0v) is 11.9. The van der Waals surface area contributed by atoms with Crippen molar-refractivity contribution in [3.8, 4) is 11.5 Å². The van der Waals surface area contributed by atoms with Crippen molar-refractivity contribution in [3.05, 3.63) is 17.7 Å². The fourth-order valence-corrected chi connectivity index (χ4v) is 1.51. The number of rotatable bonds is 5. The zero-order valence-electron chi connectivity index (χ0n) is 11.9. The van der Waals surface area contributed by atoms with Gasteiger partial charge in [0.2, 0.25) is 0 Å². The molecule has 110 valence electrons. The molecule has 0 aliphatic carbocycles. The monoisotopic (exact) mass is 282 g/mol. The lowest BCUT2D eigenvalue weighted by Crippen LogP contribution is -2.31. The summed E-state index contributed by atoms with van der Waals surface area (Å²) in [6.07, 6.45) is 0. The first-order valence-electron chi connectivity index (χ1n) is 5.96. The largest absolute Gasteiger partial charge is 0.493 e. The van der Waals surface area contributed by atoms with E-state index >= 15 is 0 Å². The number of carboxylic acids is 1. The third kappa shape index (κ3) is 3.31. The van der Waals surface area contributed by atoms with E-state index in [0.717, 1.165) is 0 Å². The molecule has 0 spiro atoms. The Balaban J connectivity index is 3.22. The molecule has 1 aromatic rings. The highest BCUT2D eigenvalue weighted by atomic mass is 16.5. The van der Waals surface area contributed by atoms with E-state index in [-0.39, 0.29) is 17.0 Å². The second-order valence-electron chi connectivity index (χ2n) is 4.00. The molecule has 0 unspecified atom stereocenters. The molecule has 0 aliphatic rings. The molecule has 0 atom stereocenters. The number of carbonyl (C=O) groups excluding carboxylic acids is 1. The van der Waals surface area contributed by atoms with Crippen molar-refractivity contribution >= 4 is 17.7 Å². The molecule has 0 bridgehead atoms. The molecule has 0 heterocycles. The van der Waals surface area contributed by atoms with Gasteiger partial charge < -0.3 is 24.8 Å². The van der Waals surface area contributed by atoms with E-state index in [1.54, 1.807) is 7.05 Å². The van der Waals surface area contributed by atoms with Crippen LogP contribution in [-0.2, 0) is 0 Å². The summed E-state index contributed by atoms with van der Waals surface area (Å²) in [6, 6.07) is 2.33. The quantitative estimate of drug-likeness (QED) is 0.861. The van der Waals surface area contributed by atoms with Crippen LogP contribution in [0.3, 0.4) is 0 Å². The molecular weight excluding hydrogens is 264 g/mol. The van der Waals surface area contributed by atoms with Crippen LogP contribution >= 0.6 is 0 Å². The van der Waals surface area contributed by atoms with Gasteiger partial charge in [0, 0.05) is 25.7 Å². The highest BCUT2D eigenvalue weighted by Crippen LogP contribution is 2.33. The Morgan fingerprint density at radius 2 is 1.80 bits per heavy atom. The van der Waals surface area contributed by atoms with Crippen LogP contribution in [0.15, 0.2) is 12.1 Å². The van der Waals surface area contributed by atoms with E-state index in [1.165, 1.54) is 31.3 Å². The Labute approximate surface area is 117 Å². The molecule has 2 N–H and O–H groups in total. The van der Waals surface area contributed by atoms with Crippen LogP contribution in [0.5, 0.6) is 11.5 Å². The third-order valence-electron chi connectivity index (χ3n) is 2.82. The molecule has 0 saturated carbocycles. The van der Waals surface area contributed by atoms with Gasteiger partial charge in [-0.15, -0.1) is 0 Å². The molecule has 0 saturated heterocycles. The van der Waals surface area contributed by atoms with Gasteiger partial charge in [-0.05, 0) is 6.92 Å². The molecule has 1 aromatic carbocycles. The van der Waals surface area contributed by atoms with E-state index in [0.29, 0.717) is 12.3 Å². The Hall–Kier alpha value is -2.44. The van der Waals surface area contributed by atoms with Gasteiger partial charge >= 0.3 is 12.0 Å². The van der Waals surface area contributed by atoms with Crippen LogP contribution < -0.4 is 14.8 Å². The van der Waals surface area contributed by atoms with Crippen molar-refractivity contribution in [3.63, 3.8) is 0 Å². The molecule has 7 nitrogen and oxygen atoms in total. The summed E-state index contributed by atoms with van der Waals surface area (Å²) in [5.41, 5.74) is 0.0842. The van der Waals surface area contributed by atoms with Crippen LogP contribution in [0, 0.1) is 0 Å². The molecule has 0 aliphatic heterocycles. The number of aromatic carboxylic acids is 1. The van der Waals surface area contributed by atoms with Crippen molar-refractivity contribution in [2.75, 3.05) is 33.1 Å². The first-order valence-corrected chi connectivity index (χ1v) is 5.96. The Morgan fingerprint density at radius 1 is 1.25 bits per heavy atom. The lowest BCUT2D eigenvalue weighted by molar-refractivity contribution is 0.0697. The van der Waals surface area contributed by atoms with Crippen molar-refractivity contribution in [1.82, 2.24) is 4.90 Å². The van der Waals surface area contributed by atoms with Gasteiger partial charge in [0.15, 0.2) is 11.5 Å². The number of urea groups is 1. The molecule has 2 amide bonds. The molecule has 0 radical (unpaired) electrons. The van der Waals surface area contributed by atoms with Gasteiger partial charge in [0.1, 0.15) is 0 Å². The fourth-order valence-electron chi connectivity index (χ4n) is 1.51. The summed E-state index contributed by atoms with van der Waals surface area (Å²) in [6.45, 7) is 2.31.